The Kier molecular flexibility index (Phi) is 4.29. The Bertz CT molecular complexity index is 832. The molecule has 116 valence electrons. The highest BCUT2D eigenvalue weighted by molar-refractivity contribution is 6.30. The Labute approximate surface area is 136 Å². The average molecular weight is 330 g/mol. The minimum atomic E-state index is -0.361. The third-order valence-electron chi connectivity index (χ3n) is 2.96. The number of nitrogens with one attached hydrogen (secondary N) is 1. The minimum Gasteiger partial charge on any atom is -0.342 e. The van der Waals surface area contributed by atoms with E-state index in [2.05, 4.69) is 25.4 Å². The normalized spacial score (nSPS) is 10.5. The van der Waals surface area contributed by atoms with Gasteiger partial charge in [0.15, 0.2) is 0 Å². The minimum absolute atomic E-state index is 0.0992. The Morgan fingerprint density at radius 2 is 2.17 bits per heavy atom. The molecule has 1 N–H and O–H groups in total. The second kappa shape index (κ2) is 6.53. The van der Waals surface area contributed by atoms with E-state index in [1.807, 2.05) is 6.07 Å². The van der Waals surface area contributed by atoms with E-state index >= 15 is 0 Å². The van der Waals surface area contributed by atoms with E-state index in [1.54, 1.807) is 25.1 Å². The summed E-state index contributed by atoms with van der Waals surface area (Å²) in [7, 11) is 0. The van der Waals surface area contributed by atoms with E-state index in [1.165, 1.54) is 12.4 Å². The van der Waals surface area contributed by atoms with Crippen molar-refractivity contribution in [2.45, 2.75) is 13.5 Å². The molecule has 0 unspecified atom stereocenters. The third-order valence-corrected chi connectivity index (χ3v) is 3.20. The van der Waals surface area contributed by atoms with Gasteiger partial charge in [0.1, 0.15) is 5.69 Å². The van der Waals surface area contributed by atoms with E-state index in [4.69, 9.17) is 16.1 Å². The Morgan fingerprint density at radius 1 is 1.30 bits per heavy atom. The summed E-state index contributed by atoms with van der Waals surface area (Å²) in [5, 5.41) is 7.10. The number of hydrogen-bond acceptors (Lipinski definition) is 6. The maximum Gasteiger partial charge on any atom is 0.271 e. The monoisotopic (exact) mass is 329 g/mol. The number of aromatic nitrogens is 4. The molecular formula is C15H12ClN5O2. The number of halogens is 1. The summed E-state index contributed by atoms with van der Waals surface area (Å²) in [6.45, 7) is 1.90. The van der Waals surface area contributed by atoms with Crippen molar-refractivity contribution < 1.29 is 9.32 Å². The molecule has 0 fully saturated rings. The smallest absolute Gasteiger partial charge is 0.271 e. The Hall–Kier alpha value is -2.80. The molecule has 0 aliphatic rings. The Balaban J connectivity index is 1.65. The molecule has 0 aliphatic heterocycles. The quantitative estimate of drug-likeness (QED) is 0.790. The van der Waals surface area contributed by atoms with Crippen LogP contribution >= 0.6 is 11.6 Å². The van der Waals surface area contributed by atoms with E-state index < -0.39 is 0 Å². The van der Waals surface area contributed by atoms with Crippen LogP contribution in [0.5, 0.6) is 0 Å². The lowest BCUT2D eigenvalue weighted by Gasteiger charge is -2.01. The van der Waals surface area contributed by atoms with Crippen LogP contribution in [0.3, 0.4) is 0 Å². The summed E-state index contributed by atoms with van der Waals surface area (Å²) in [4.78, 5) is 24.2. The number of rotatable bonds is 4. The van der Waals surface area contributed by atoms with Crippen molar-refractivity contribution in [2.24, 2.45) is 0 Å². The lowest BCUT2D eigenvalue weighted by molar-refractivity contribution is 0.0941. The van der Waals surface area contributed by atoms with Crippen molar-refractivity contribution >= 4 is 17.5 Å². The van der Waals surface area contributed by atoms with Gasteiger partial charge in [-0.05, 0) is 19.1 Å². The number of aryl methyl sites for hydroxylation is 1. The molecular weight excluding hydrogens is 318 g/mol. The van der Waals surface area contributed by atoms with Gasteiger partial charge in [-0.25, -0.2) is 4.98 Å². The maximum absolute atomic E-state index is 11.9. The van der Waals surface area contributed by atoms with Crippen LogP contribution < -0.4 is 5.32 Å². The number of carbonyl (C=O) groups excluding carboxylic acids is 1. The SMILES string of the molecule is Cc1cnc(C(=O)NCc2nc(-c3cccc(Cl)c3)no2)cn1. The largest absolute Gasteiger partial charge is 0.342 e. The lowest BCUT2D eigenvalue weighted by Crippen LogP contribution is -2.24. The van der Waals surface area contributed by atoms with Crippen molar-refractivity contribution in [3.05, 3.63) is 59.0 Å². The Morgan fingerprint density at radius 3 is 2.91 bits per heavy atom. The summed E-state index contributed by atoms with van der Waals surface area (Å²) in [5.74, 6) is 0.334. The number of benzene rings is 1. The first-order valence-electron chi connectivity index (χ1n) is 6.77. The molecule has 8 heteroatoms. The summed E-state index contributed by atoms with van der Waals surface area (Å²) < 4.78 is 5.11. The molecule has 0 saturated heterocycles. The summed E-state index contributed by atoms with van der Waals surface area (Å²) in [5.41, 5.74) is 1.71. The standard InChI is InChI=1S/C15H12ClN5O2/c1-9-6-18-12(7-17-9)15(22)19-8-13-20-14(21-23-13)10-3-2-4-11(16)5-10/h2-7H,8H2,1H3,(H,19,22). The number of nitrogens with zero attached hydrogens (tertiary/aromatic N) is 4. The topological polar surface area (TPSA) is 93.8 Å². The lowest BCUT2D eigenvalue weighted by atomic mass is 10.2. The highest BCUT2D eigenvalue weighted by atomic mass is 35.5. The van der Waals surface area contributed by atoms with E-state index in [0.29, 0.717) is 10.8 Å². The molecule has 0 aliphatic carbocycles. The van der Waals surface area contributed by atoms with Gasteiger partial charge in [0.2, 0.25) is 11.7 Å². The summed E-state index contributed by atoms with van der Waals surface area (Å²) >= 11 is 5.93. The van der Waals surface area contributed by atoms with Gasteiger partial charge in [0, 0.05) is 16.8 Å². The number of hydrogen-bond donors (Lipinski definition) is 1. The fourth-order valence-electron chi connectivity index (χ4n) is 1.83. The first-order valence-corrected chi connectivity index (χ1v) is 7.15. The van der Waals surface area contributed by atoms with Gasteiger partial charge in [-0.2, -0.15) is 4.98 Å². The van der Waals surface area contributed by atoms with Gasteiger partial charge < -0.3 is 9.84 Å². The van der Waals surface area contributed by atoms with Crippen LogP contribution in [0.1, 0.15) is 22.1 Å². The molecule has 2 heterocycles. The van der Waals surface area contributed by atoms with Crippen molar-refractivity contribution in [2.75, 3.05) is 0 Å². The molecule has 0 bridgehead atoms. The van der Waals surface area contributed by atoms with Crippen LogP contribution in [0.2, 0.25) is 5.02 Å². The van der Waals surface area contributed by atoms with Gasteiger partial charge >= 0.3 is 0 Å². The third kappa shape index (κ3) is 3.70. The van der Waals surface area contributed by atoms with Gasteiger partial charge in [-0.1, -0.05) is 28.9 Å². The van der Waals surface area contributed by atoms with E-state index in [9.17, 15) is 4.79 Å². The molecule has 0 radical (unpaired) electrons. The molecule has 3 aromatic rings. The van der Waals surface area contributed by atoms with Gasteiger partial charge in [0.25, 0.3) is 5.91 Å². The zero-order valence-corrected chi connectivity index (χ0v) is 12.9. The zero-order chi connectivity index (χ0) is 16.2. The van der Waals surface area contributed by atoms with Crippen molar-refractivity contribution in [1.29, 1.82) is 0 Å². The second-order valence-corrected chi connectivity index (χ2v) is 5.18. The molecule has 23 heavy (non-hydrogen) atoms. The van der Waals surface area contributed by atoms with Gasteiger partial charge in [-0.15, -0.1) is 0 Å². The summed E-state index contributed by atoms with van der Waals surface area (Å²) in [6, 6.07) is 7.11. The van der Waals surface area contributed by atoms with Gasteiger partial charge in [0.05, 0.1) is 18.4 Å². The fraction of sp³-hybridized carbons (Fsp3) is 0.133. The zero-order valence-electron chi connectivity index (χ0n) is 12.2. The molecule has 2 aromatic heterocycles. The first-order chi connectivity index (χ1) is 11.1. The van der Waals surface area contributed by atoms with Crippen LogP contribution in [-0.2, 0) is 6.54 Å². The molecule has 3 rings (SSSR count). The molecule has 0 spiro atoms. The highest BCUT2D eigenvalue weighted by Gasteiger charge is 2.12. The predicted octanol–water partition coefficient (Wildman–Crippen LogP) is 2.42. The molecule has 1 aromatic carbocycles. The van der Waals surface area contributed by atoms with Gasteiger partial charge in [-0.3, -0.25) is 9.78 Å². The number of amides is 1. The van der Waals surface area contributed by atoms with Crippen LogP contribution in [0.15, 0.2) is 41.2 Å². The molecule has 1 amide bonds. The van der Waals surface area contributed by atoms with Crippen LogP contribution in [0.25, 0.3) is 11.4 Å². The van der Waals surface area contributed by atoms with Crippen LogP contribution in [0.4, 0.5) is 0 Å². The predicted molar refractivity (Wildman–Crippen MR) is 82.7 cm³/mol. The number of carbonyl (C=O) groups is 1. The highest BCUT2D eigenvalue weighted by Crippen LogP contribution is 2.19. The average Bonchev–Trinajstić information content (AvgIpc) is 3.02. The van der Waals surface area contributed by atoms with E-state index in [-0.39, 0.29) is 24.0 Å². The first kappa shape index (κ1) is 15.1. The maximum atomic E-state index is 11.9. The van der Waals surface area contributed by atoms with E-state index in [0.717, 1.165) is 11.3 Å². The van der Waals surface area contributed by atoms with Crippen LogP contribution in [-0.4, -0.2) is 26.0 Å². The molecule has 0 atom stereocenters. The summed E-state index contributed by atoms with van der Waals surface area (Å²) in [6.07, 6.45) is 2.94. The molecule has 0 saturated carbocycles. The van der Waals surface area contributed by atoms with Crippen molar-refractivity contribution in [3.63, 3.8) is 0 Å². The van der Waals surface area contributed by atoms with Crippen molar-refractivity contribution in [3.8, 4) is 11.4 Å². The van der Waals surface area contributed by atoms with Crippen LogP contribution in [0, 0.1) is 6.92 Å². The second-order valence-electron chi connectivity index (χ2n) is 4.75. The van der Waals surface area contributed by atoms with Crippen molar-refractivity contribution in [1.82, 2.24) is 25.4 Å². The molecule has 7 nitrogen and oxygen atoms in total. The fourth-order valence-corrected chi connectivity index (χ4v) is 2.02.